The van der Waals surface area contributed by atoms with Crippen LogP contribution in [0, 0.1) is 0 Å². The molecule has 0 atom stereocenters. The monoisotopic (exact) mass is 276 g/mol. The van der Waals surface area contributed by atoms with Crippen molar-refractivity contribution in [2.24, 2.45) is 5.73 Å². The maximum absolute atomic E-state index is 12.0. The van der Waals surface area contributed by atoms with Crippen LogP contribution in [0.4, 0.5) is 0 Å². The Kier molecular flexibility index (Phi) is 5.01. The predicted molar refractivity (Wildman–Crippen MR) is 79.7 cm³/mol. The number of methoxy groups -OCH3 is 1. The fourth-order valence-electron chi connectivity index (χ4n) is 2.73. The lowest BCUT2D eigenvalue weighted by molar-refractivity contribution is -0.126. The maximum atomic E-state index is 12.0. The molecule has 1 aromatic rings. The van der Waals surface area contributed by atoms with E-state index in [1.54, 1.807) is 7.11 Å². The van der Waals surface area contributed by atoms with Crippen molar-refractivity contribution in [2.75, 3.05) is 13.7 Å². The molecule has 1 amide bonds. The zero-order chi connectivity index (χ0) is 14.4. The molecule has 0 spiro atoms. The van der Waals surface area contributed by atoms with Crippen molar-refractivity contribution in [1.82, 2.24) is 5.32 Å². The molecule has 4 heteroatoms. The summed E-state index contributed by atoms with van der Waals surface area (Å²) in [7, 11) is 1.67. The summed E-state index contributed by atoms with van der Waals surface area (Å²) in [5.74, 6) is 0.888. The number of carbonyl (C=O) groups is 1. The number of benzene rings is 1. The minimum atomic E-state index is -0.615. The summed E-state index contributed by atoms with van der Waals surface area (Å²) in [6.45, 7) is 0.676. The Hall–Kier alpha value is -1.55. The Morgan fingerprint density at radius 1 is 1.40 bits per heavy atom. The van der Waals surface area contributed by atoms with E-state index in [1.807, 2.05) is 18.2 Å². The molecule has 0 unspecified atom stereocenters. The highest BCUT2D eigenvalue weighted by atomic mass is 16.5. The Balaban J connectivity index is 1.72. The molecule has 1 saturated carbocycles. The predicted octanol–water partition coefficient (Wildman–Crippen LogP) is 2.02. The van der Waals surface area contributed by atoms with E-state index in [0.29, 0.717) is 6.54 Å². The first-order valence-corrected chi connectivity index (χ1v) is 7.34. The third-order valence-corrected chi connectivity index (χ3v) is 4.01. The summed E-state index contributed by atoms with van der Waals surface area (Å²) in [5, 5.41) is 2.97. The minimum Gasteiger partial charge on any atom is -0.497 e. The molecule has 0 saturated heterocycles. The number of hydrogen-bond acceptors (Lipinski definition) is 3. The lowest BCUT2D eigenvalue weighted by atomic mass is 9.98. The third kappa shape index (κ3) is 3.73. The molecule has 0 radical (unpaired) electrons. The first kappa shape index (κ1) is 14.9. The molecular weight excluding hydrogens is 252 g/mol. The normalized spacial score (nSPS) is 16.9. The molecule has 4 nitrogen and oxygen atoms in total. The molecular formula is C16H24N2O2. The van der Waals surface area contributed by atoms with Crippen molar-refractivity contribution in [3.63, 3.8) is 0 Å². The first-order chi connectivity index (χ1) is 9.64. The van der Waals surface area contributed by atoms with Gasteiger partial charge in [-0.2, -0.15) is 0 Å². The molecule has 0 aliphatic heterocycles. The van der Waals surface area contributed by atoms with Crippen LogP contribution in [-0.4, -0.2) is 25.1 Å². The van der Waals surface area contributed by atoms with E-state index in [0.717, 1.165) is 44.3 Å². The van der Waals surface area contributed by atoms with Crippen LogP contribution in [0.5, 0.6) is 5.75 Å². The minimum absolute atomic E-state index is 0.0145. The van der Waals surface area contributed by atoms with Crippen molar-refractivity contribution in [1.29, 1.82) is 0 Å². The molecule has 1 aliphatic rings. The molecule has 0 bridgehead atoms. The molecule has 0 aromatic heterocycles. The van der Waals surface area contributed by atoms with Crippen LogP contribution in [-0.2, 0) is 11.2 Å². The van der Waals surface area contributed by atoms with Crippen LogP contribution in [0.1, 0.15) is 37.7 Å². The molecule has 20 heavy (non-hydrogen) atoms. The average Bonchev–Trinajstić information content (AvgIpc) is 2.92. The molecule has 1 aliphatic carbocycles. The highest BCUT2D eigenvalue weighted by Crippen LogP contribution is 2.27. The van der Waals surface area contributed by atoms with E-state index >= 15 is 0 Å². The fourth-order valence-corrected chi connectivity index (χ4v) is 2.73. The number of aryl methyl sites for hydroxylation is 1. The van der Waals surface area contributed by atoms with Gasteiger partial charge in [-0.1, -0.05) is 25.0 Å². The van der Waals surface area contributed by atoms with Gasteiger partial charge in [0.05, 0.1) is 12.6 Å². The second-order valence-electron chi connectivity index (χ2n) is 5.57. The smallest absolute Gasteiger partial charge is 0.240 e. The van der Waals surface area contributed by atoms with Gasteiger partial charge >= 0.3 is 0 Å². The van der Waals surface area contributed by atoms with Crippen LogP contribution in [0.15, 0.2) is 24.3 Å². The van der Waals surface area contributed by atoms with Gasteiger partial charge in [0, 0.05) is 6.54 Å². The maximum Gasteiger partial charge on any atom is 0.240 e. The van der Waals surface area contributed by atoms with Crippen molar-refractivity contribution >= 4 is 5.91 Å². The van der Waals surface area contributed by atoms with E-state index in [4.69, 9.17) is 10.5 Å². The van der Waals surface area contributed by atoms with Crippen LogP contribution in [0.2, 0.25) is 0 Å². The number of rotatable bonds is 6. The lowest BCUT2D eigenvalue weighted by Crippen LogP contribution is -2.52. The van der Waals surface area contributed by atoms with Crippen molar-refractivity contribution in [3.8, 4) is 5.75 Å². The van der Waals surface area contributed by atoms with E-state index < -0.39 is 5.54 Å². The first-order valence-electron chi connectivity index (χ1n) is 7.34. The van der Waals surface area contributed by atoms with Gasteiger partial charge in [-0.15, -0.1) is 0 Å². The van der Waals surface area contributed by atoms with Gasteiger partial charge in [0.2, 0.25) is 5.91 Å². The zero-order valence-electron chi connectivity index (χ0n) is 12.2. The van der Waals surface area contributed by atoms with Gasteiger partial charge in [0.15, 0.2) is 0 Å². The average molecular weight is 276 g/mol. The Morgan fingerprint density at radius 3 is 2.85 bits per heavy atom. The van der Waals surface area contributed by atoms with E-state index in [-0.39, 0.29) is 5.91 Å². The van der Waals surface area contributed by atoms with Gasteiger partial charge in [-0.05, 0) is 43.4 Å². The van der Waals surface area contributed by atoms with Crippen LogP contribution >= 0.6 is 0 Å². The van der Waals surface area contributed by atoms with Crippen molar-refractivity contribution < 1.29 is 9.53 Å². The molecule has 0 heterocycles. The summed E-state index contributed by atoms with van der Waals surface area (Å²) < 4.78 is 5.19. The molecule has 110 valence electrons. The molecule has 3 N–H and O–H groups in total. The standard InChI is InChI=1S/C16H24N2O2/c1-20-14-8-4-6-13(12-14)7-5-11-18-15(19)16(17)9-2-3-10-16/h4,6,8,12H,2-3,5,7,9-11,17H2,1H3,(H,18,19). The number of nitrogens with one attached hydrogen (secondary N) is 1. The highest BCUT2D eigenvalue weighted by Gasteiger charge is 2.36. The van der Waals surface area contributed by atoms with Crippen molar-refractivity contribution in [3.05, 3.63) is 29.8 Å². The van der Waals surface area contributed by atoms with Crippen LogP contribution in [0.3, 0.4) is 0 Å². The SMILES string of the molecule is COc1cccc(CCCNC(=O)C2(N)CCCC2)c1. The van der Waals surface area contributed by atoms with E-state index in [1.165, 1.54) is 5.56 Å². The van der Waals surface area contributed by atoms with Gasteiger partial charge in [0.25, 0.3) is 0 Å². The summed E-state index contributed by atoms with van der Waals surface area (Å²) in [4.78, 5) is 12.0. The van der Waals surface area contributed by atoms with Gasteiger partial charge in [-0.3, -0.25) is 4.79 Å². The summed E-state index contributed by atoms with van der Waals surface area (Å²) in [5.41, 5.74) is 6.71. The molecule has 2 rings (SSSR count). The number of hydrogen-bond donors (Lipinski definition) is 2. The zero-order valence-corrected chi connectivity index (χ0v) is 12.2. The van der Waals surface area contributed by atoms with Crippen LogP contribution in [0.25, 0.3) is 0 Å². The Morgan fingerprint density at radius 2 is 2.15 bits per heavy atom. The topological polar surface area (TPSA) is 64.3 Å². The van der Waals surface area contributed by atoms with Gasteiger partial charge in [-0.25, -0.2) is 0 Å². The number of amides is 1. The molecule has 1 aromatic carbocycles. The Labute approximate surface area is 120 Å². The largest absolute Gasteiger partial charge is 0.497 e. The van der Waals surface area contributed by atoms with E-state index in [2.05, 4.69) is 11.4 Å². The summed E-state index contributed by atoms with van der Waals surface area (Å²) in [6.07, 6.45) is 5.59. The number of carbonyl (C=O) groups excluding carboxylic acids is 1. The van der Waals surface area contributed by atoms with E-state index in [9.17, 15) is 4.79 Å². The second kappa shape index (κ2) is 6.75. The van der Waals surface area contributed by atoms with Gasteiger partial charge < -0.3 is 15.8 Å². The third-order valence-electron chi connectivity index (χ3n) is 4.01. The quantitative estimate of drug-likeness (QED) is 0.781. The Bertz CT molecular complexity index is 454. The molecule has 1 fully saturated rings. The van der Waals surface area contributed by atoms with Gasteiger partial charge in [0.1, 0.15) is 5.75 Å². The summed E-state index contributed by atoms with van der Waals surface area (Å²) >= 11 is 0. The summed E-state index contributed by atoms with van der Waals surface area (Å²) in [6, 6.07) is 8.03. The highest BCUT2D eigenvalue weighted by molar-refractivity contribution is 5.86. The lowest BCUT2D eigenvalue weighted by Gasteiger charge is -2.22. The van der Waals surface area contributed by atoms with Crippen molar-refractivity contribution in [2.45, 2.75) is 44.1 Å². The van der Waals surface area contributed by atoms with Crippen LogP contribution < -0.4 is 15.8 Å². The second-order valence-corrected chi connectivity index (χ2v) is 5.57. The fraction of sp³-hybridized carbons (Fsp3) is 0.562. The number of nitrogens with two attached hydrogens (primary N) is 1. The number of ether oxygens (including phenoxy) is 1.